The number of ether oxygens (including phenoxy) is 2. The fourth-order valence-electron chi connectivity index (χ4n) is 1.26. The molecule has 0 spiro atoms. The molecule has 0 fully saturated rings. The highest BCUT2D eigenvalue weighted by Gasteiger charge is 2.13. The van der Waals surface area contributed by atoms with E-state index in [4.69, 9.17) is 9.47 Å². The summed E-state index contributed by atoms with van der Waals surface area (Å²) in [5.41, 5.74) is 0.560. The van der Waals surface area contributed by atoms with Crippen LogP contribution in [0.15, 0.2) is 12.1 Å². The SMILES string of the molecule is CNCc1ccc(OC)c(OC)c1F. The summed E-state index contributed by atoms with van der Waals surface area (Å²) in [6, 6.07) is 3.36. The van der Waals surface area contributed by atoms with E-state index in [0.717, 1.165) is 0 Å². The number of nitrogens with one attached hydrogen (secondary N) is 1. The fraction of sp³-hybridized carbons (Fsp3) is 0.400. The molecule has 4 heteroatoms. The number of benzene rings is 1. The van der Waals surface area contributed by atoms with E-state index < -0.39 is 0 Å². The molecule has 1 rings (SSSR count). The monoisotopic (exact) mass is 199 g/mol. The van der Waals surface area contributed by atoms with E-state index >= 15 is 0 Å². The summed E-state index contributed by atoms with van der Waals surface area (Å²) in [7, 11) is 4.66. The van der Waals surface area contributed by atoms with Gasteiger partial charge in [0, 0.05) is 12.1 Å². The van der Waals surface area contributed by atoms with Crippen molar-refractivity contribution in [2.45, 2.75) is 6.54 Å². The molecular formula is C10H14FNO2. The maximum Gasteiger partial charge on any atom is 0.197 e. The van der Waals surface area contributed by atoms with E-state index in [0.29, 0.717) is 17.9 Å². The zero-order valence-corrected chi connectivity index (χ0v) is 8.56. The van der Waals surface area contributed by atoms with Crippen LogP contribution in [0.3, 0.4) is 0 Å². The lowest BCUT2D eigenvalue weighted by atomic mass is 10.2. The Morgan fingerprint density at radius 3 is 2.50 bits per heavy atom. The highest BCUT2D eigenvalue weighted by atomic mass is 19.1. The Morgan fingerprint density at radius 2 is 2.00 bits per heavy atom. The third-order valence-electron chi connectivity index (χ3n) is 1.93. The van der Waals surface area contributed by atoms with E-state index in [1.165, 1.54) is 14.2 Å². The normalized spacial score (nSPS) is 10.0. The van der Waals surface area contributed by atoms with Gasteiger partial charge in [0.2, 0.25) is 0 Å². The molecule has 0 aromatic heterocycles. The molecule has 1 aromatic carbocycles. The quantitative estimate of drug-likeness (QED) is 0.798. The van der Waals surface area contributed by atoms with Gasteiger partial charge >= 0.3 is 0 Å². The second-order valence-electron chi connectivity index (χ2n) is 2.80. The average molecular weight is 199 g/mol. The van der Waals surface area contributed by atoms with Gasteiger partial charge in [0.1, 0.15) is 0 Å². The second kappa shape index (κ2) is 4.81. The Bertz CT molecular complexity index is 315. The van der Waals surface area contributed by atoms with Crippen molar-refractivity contribution >= 4 is 0 Å². The number of rotatable bonds is 4. The maximum absolute atomic E-state index is 13.7. The Labute approximate surface area is 82.8 Å². The number of hydrogen-bond donors (Lipinski definition) is 1. The van der Waals surface area contributed by atoms with Gasteiger partial charge in [-0.2, -0.15) is 0 Å². The zero-order valence-electron chi connectivity index (χ0n) is 8.56. The highest BCUT2D eigenvalue weighted by Crippen LogP contribution is 2.31. The lowest BCUT2D eigenvalue weighted by molar-refractivity contribution is 0.335. The lowest BCUT2D eigenvalue weighted by Gasteiger charge is -2.11. The summed E-state index contributed by atoms with van der Waals surface area (Å²) in [5, 5.41) is 2.88. The highest BCUT2D eigenvalue weighted by molar-refractivity contribution is 5.44. The molecular weight excluding hydrogens is 185 g/mol. The van der Waals surface area contributed by atoms with Crippen LogP contribution >= 0.6 is 0 Å². The first-order chi connectivity index (χ1) is 6.74. The molecule has 0 amide bonds. The molecule has 0 unspecified atom stereocenters. The van der Waals surface area contributed by atoms with Gasteiger partial charge in [-0.05, 0) is 13.1 Å². The minimum absolute atomic E-state index is 0.153. The first-order valence-corrected chi connectivity index (χ1v) is 4.28. The van der Waals surface area contributed by atoms with E-state index in [2.05, 4.69) is 5.32 Å². The predicted octanol–water partition coefficient (Wildman–Crippen LogP) is 1.56. The molecule has 0 saturated heterocycles. The molecule has 78 valence electrons. The number of halogens is 1. The number of hydrogen-bond acceptors (Lipinski definition) is 3. The molecule has 0 saturated carbocycles. The van der Waals surface area contributed by atoms with Gasteiger partial charge in [0.25, 0.3) is 0 Å². The first kappa shape index (κ1) is 10.8. The molecule has 0 aliphatic heterocycles. The fourth-order valence-corrected chi connectivity index (χ4v) is 1.26. The van der Waals surface area contributed by atoms with Crippen molar-refractivity contribution in [1.82, 2.24) is 5.32 Å². The summed E-state index contributed by atoms with van der Waals surface area (Å²) in [5.74, 6) is 0.186. The van der Waals surface area contributed by atoms with Crippen molar-refractivity contribution < 1.29 is 13.9 Å². The second-order valence-corrected chi connectivity index (χ2v) is 2.80. The topological polar surface area (TPSA) is 30.5 Å². The standard InChI is InChI=1S/C10H14FNO2/c1-12-6-7-4-5-8(13-2)10(14-3)9(7)11/h4-5,12H,6H2,1-3H3. The van der Waals surface area contributed by atoms with Gasteiger partial charge in [-0.3, -0.25) is 0 Å². The molecule has 0 atom stereocenters. The largest absolute Gasteiger partial charge is 0.493 e. The molecule has 0 aliphatic carbocycles. The summed E-state index contributed by atoms with van der Waals surface area (Å²) < 4.78 is 23.6. The van der Waals surface area contributed by atoms with Crippen LogP contribution in [-0.4, -0.2) is 21.3 Å². The van der Waals surface area contributed by atoms with Gasteiger partial charge < -0.3 is 14.8 Å². The van der Waals surface area contributed by atoms with Crippen LogP contribution in [0.25, 0.3) is 0 Å². The first-order valence-electron chi connectivity index (χ1n) is 4.28. The maximum atomic E-state index is 13.7. The average Bonchev–Trinajstić information content (AvgIpc) is 2.21. The van der Waals surface area contributed by atoms with Crippen LogP contribution in [0, 0.1) is 5.82 Å². The molecule has 0 aliphatic rings. The van der Waals surface area contributed by atoms with Crippen molar-refractivity contribution in [2.24, 2.45) is 0 Å². The van der Waals surface area contributed by atoms with E-state index in [1.807, 2.05) is 0 Å². The van der Waals surface area contributed by atoms with Crippen molar-refractivity contribution in [3.8, 4) is 11.5 Å². The van der Waals surface area contributed by atoms with Crippen molar-refractivity contribution in [3.63, 3.8) is 0 Å². The van der Waals surface area contributed by atoms with Crippen molar-refractivity contribution in [3.05, 3.63) is 23.5 Å². The van der Waals surface area contributed by atoms with Crippen LogP contribution in [0.4, 0.5) is 4.39 Å². The van der Waals surface area contributed by atoms with Crippen LogP contribution < -0.4 is 14.8 Å². The van der Waals surface area contributed by atoms with Gasteiger partial charge in [-0.1, -0.05) is 6.07 Å². The Balaban J connectivity index is 3.13. The smallest absolute Gasteiger partial charge is 0.197 e. The molecule has 14 heavy (non-hydrogen) atoms. The summed E-state index contributed by atoms with van der Waals surface area (Å²) in [6.07, 6.45) is 0. The van der Waals surface area contributed by atoms with Crippen LogP contribution in [0.5, 0.6) is 11.5 Å². The summed E-state index contributed by atoms with van der Waals surface area (Å²) >= 11 is 0. The Hall–Kier alpha value is -1.29. The summed E-state index contributed by atoms with van der Waals surface area (Å²) in [4.78, 5) is 0. The molecule has 1 N–H and O–H groups in total. The van der Waals surface area contributed by atoms with Crippen LogP contribution in [-0.2, 0) is 6.54 Å². The predicted molar refractivity (Wildman–Crippen MR) is 52.3 cm³/mol. The van der Waals surface area contributed by atoms with Gasteiger partial charge in [-0.25, -0.2) is 4.39 Å². The third kappa shape index (κ3) is 1.96. The van der Waals surface area contributed by atoms with E-state index in [-0.39, 0.29) is 11.6 Å². The zero-order chi connectivity index (χ0) is 10.6. The van der Waals surface area contributed by atoms with Gasteiger partial charge in [-0.15, -0.1) is 0 Å². The molecule has 3 nitrogen and oxygen atoms in total. The van der Waals surface area contributed by atoms with Gasteiger partial charge in [0.15, 0.2) is 17.3 Å². The molecule has 0 heterocycles. The van der Waals surface area contributed by atoms with Crippen molar-refractivity contribution in [1.29, 1.82) is 0 Å². The Morgan fingerprint density at radius 1 is 1.29 bits per heavy atom. The summed E-state index contributed by atoms with van der Waals surface area (Å²) in [6.45, 7) is 0.464. The third-order valence-corrected chi connectivity index (χ3v) is 1.93. The minimum Gasteiger partial charge on any atom is -0.493 e. The van der Waals surface area contributed by atoms with Crippen molar-refractivity contribution in [2.75, 3.05) is 21.3 Å². The minimum atomic E-state index is -0.374. The Kier molecular flexibility index (Phi) is 3.71. The van der Waals surface area contributed by atoms with E-state index in [9.17, 15) is 4.39 Å². The molecule has 0 radical (unpaired) electrons. The van der Waals surface area contributed by atoms with E-state index in [1.54, 1.807) is 19.2 Å². The van der Waals surface area contributed by atoms with Gasteiger partial charge in [0.05, 0.1) is 14.2 Å². The lowest BCUT2D eigenvalue weighted by Crippen LogP contribution is -2.08. The van der Waals surface area contributed by atoms with Crippen LogP contribution in [0.2, 0.25) is 0 Å². The molecule has 0 bridgehead atoms. The molecule has 1 aromatic rings. The van der Waals surface area contributed by atoms with Crippen LogP contribution in [0.1, 0.15) is 5.56 Å². The number of methoxy groups -OCH3 is 2.